The predicted octanol–water partition coefficient (Wildman–Crippen LogP) is 6.31. The first kappa shape index (κ1) is 25.8. The molecule has 0 unspecified atom stereocenters. The van der Waals surface area contributed by atoms with Gasteiger partial charge in [-0.2, -0.15) is 5.10 Å². The Morgan fingerprint density at radius 1 is 0.974 bits per heavy atom. The number of thioether (sulfide) groups is 1. The third-order valence-electron chi connectivity index (χ3n) is 6.32. The molecule has 8 heteroatoms. The van der Waals surface area contributed by atoms with Gasteiger partial charge in [0.25, 0.3) is 5.91 Å². The van der Waals surface area contributed by atoms with Crippen LogP contribution in [0.4, 0.5) is 0 Å². The number of para-hydroxylation sites is 1. The second-order valence-corrected chi connectivity index (χ2v) is 10.5. The molecule has 3 aromatic carbocycles. The van der Waals surface area contributed by atoms with Crippen molar-refractivity contribution >= 4 is 40.3 Å². The van der Waals surface area contributed by atoms with Crippen LogP contribution in [0, 0.1) is 6.92 Å². The molecule has 5 rings (SSSR count). The van der Waals surface area contributed by atoms with Gasteiger partial charge in [0.1, 0.15) is 4.32 Å². The maximum absolute atomic E-state index is 13.4. The zero-order valence-electron chi connectivity index (χ0n) is 21.4. The van der Waals surface area contributed by atoms with E-state index in [1.165, 1.54) is 17.3 Å². The van der Waals surface area contributed by atoms with Gasteiger partial charge in [0.2, 0.25) is 0 Å². The fraction of sp³-hybridized carbons (Fsp3) is 0.167. The molecule has 0 aliphatic carbocycles. The number of nitrogens with zero attached hydrogens (tertiary/aromatic N) is 3. The molecule has 192 valence electrons. The zero-order valence-corrected chi connectivity index (χ0v) is 23.0. The molecule has 1 saturated heterocycles. The summed E-state index contributed by atoms with van der Waals surface area (Å²) in [5.74, 6) is 1.24. The van der Waals surface area contributed by atoms with Crippen LogP contribution in [0.1, 0.15) is 16.7 Å². The number of aromatic nitrogens is 2. The lowest BCUT2D eigenvalue weighted by molar-refractivity contribution is -0.122. The number of aryl methyl sites for hydroxylation is 1. The van der Waals surface area contributed by atoms with E-state index in [0.717, 1.165) is 28.1 Å². The molecule has 0 bridgehead atoms. The van der Waals surface area contributed by atoms with Gasteiger partial charge in [-0.05, 0) is 49.2 Å². The van der Waals surface area contributed by atoms with Crippen LogP contribution in [0.25, 0.3) is 23.0 Å². The number of benzene rings is 3. The molecule has 0 atom stereocenters. The van der Waals surface area contributed by atoms with Crippen molar-refractivity contribution in [2.45, 2.75) is 13.3 Å². The van der Waals surface area contributed by atoms with E-state index in [-0.39, 0.29) is 5.91 Å². The fourth-order valence-corrected chi connectivity index (χ4v) is 5.55. The van der Waals surface area contributed by atoms with E-state index in [1.807, 2.05) is 65.5 Å². The smallest absolute Gasteiger partial charge is 0.266 e. The highest BCUT2D eigenvalue weighted by molar-refractivity contribution is 8.26. The normalized spacial score (nSPS) is 14.4. The van der Waals surface area contributed by atoms with Crippen LogP contribution >= 0.6 is 24.0 Å². The van der Waals surface area contributed by atoms with Gasteiger partial charge in [0.15, 0.2) is 11.5 Å². The van der Waals surface area contributed by atoms with E-state index >= 15 is 0 Å². The minimum Gasteiger partial charge on any atom is -0.493 e. The minimum atomic E-state index is -0.0946. The molecule has 2 heterocycles. The number of hydrogen-bond acceptors (Lipinski definition) is 6. The maximum atomic E-state index is 13.4. The Balaban J connectivity index is 1.42. The predicted molar refractivity (Wildman–Crippen MR) is 157 cm³/mol. The van der Waals surface area contributed by atoms with E-state index in [0.29, 0.717) is 33.7 Å². The Morgan fingerprint density at radius 2 is 1.71 bits per heavy atom. The first-order valence-corrected chi connectivity index (χ1v) is 13.4. The average Bonchev–Trinajstić information content (AvgIpc) is 3.48. The summed E-state index contributed by atoms with van der Waals surface area (Å²) in [7, 11) is 3.22. The molecule has 1 amide bonds. The summed E-state index contributed by atoms with van der Waals surface area (Å²) in [5, 5.41) is 4.87. The number of rotatable bonds is 8. The van der Waals surface area contributed by atoms with Gasteiger partial charge < -0.3 is 9.47 Å². The third-order valence-corrected chi connectivity index (χ3v) is 7.70. The molecule has 1 aromatic heterocycles. The highest BCUT2D eigenvalue weighted by atomic mass is 32.2. The van der Waals surface area contributed by atoms with Crippen LogP contribution in [-0.4, -0.2) is 45.7 Å². The number of carbonyl (C=O) groups excluding carboxylic acids is 1. The Hall–Kier alpha value is -3.88. The maximum Gasteiger partial charge on any atom is 0.266 e. The van der Waals surface area contributed by atoms with Crippen LogP contribution in [-0.2, 0) is 11.2 Å². The van der Waals surface area contributed by atoms with Crippen LogP contribution in [0.3, 0.4) is 0 Å². The average molecular weight is 542 g/mol. The number of thiocarbonyl (C=S) groups is 1. The monoisotopic (exact) mass is 541 g/mol. The molecular weight excluding hydrogens is 514 g/mol. The molecule has 6 nitrogen and oxygen atoms in total. The number of methoxy groups -OCH3 is 2. The topological polar surface area (TPSA) is 56.6 Å². The summed E-state index contributed by atoms with van der Waals surface area (Å²) in [4.78, 5) is 15.7. The van der Waals surface area contributed by atoms with E-state index in [2.05, 4.69) is 31.2 Å². The van der Waals surface area contributed by atoms with Crippen molar-refractivity contribution in [2.24, 2.45) is 0 Å². The molecule has 4 aromatic rings. The summed E-state index contributed by atoms with van der Waals surface area (Å²) in [6.45, 7) is 2.53. The second-order valence-electron chi connectivity index (χ2n) is 8.85. The molecule has 0 N–H and O–H groups in total. The van der Waals surface area contributed by atoms with Crippen LogP contribution < -0.4 is 9.47 Å². The molecular formula is C30H27N3O3S2. The van der Waals surface area contributed by atoms with E-state index in [4.69, 9.17) is 26.8 Å². The van der Waals surface area contributed by atoms with Gasteiger partial charge in [-0.1, -0.05) is 78.1 Å². The third kappa shape index (κ3) is 5.37. The summed E-state index contributed by atoms with van der Waals surface area (Å²) in [6, 6.07) is 23.9. The van der Waals surface area contributed by atoms with Crippen molar-refractivity contribution in [3.05, 3.63) is 101 Å². The van der Waals surface area contributed by atoms with E-state index < -0.39 is 0 Å². The largest absolute Gasteiger partial charge is 0.493 e. The Kier molecular flexibility index (Phi) is 7.62. The van der Waals surface area contributed by atoms with Gasteiger partial charge in [-0.25, -0.2) is 4.68 Å². The zero-order chi connectivity index (χ0) is 26.6. The Labute approximate surface area is 231 Å². The van der Waals surface area contributed by atoms with Gasteiger partial charge >= 0.3 is 0 Å². The quantitative estimate of drug-likeness (QED) is 0.193. The van der Waals surface area contributed by atoms with Crippen molar-refractivity contribution in [3.8, 4) is 28.4 Å². The van der Waals surface area contributed by atoms with E-state index in [9.17, 15) is 4.79 Å². The first-order valence-electron chi connectivity index (χ1n) is 12.1. The van der Waals surface area contributed by atoms with Crippen molar-refractivity contribution in [2.75, 3.05) is 20.8 Å². The number of carbonyl (C=O) groups is 1. The van der Waals surface area contributed by atoms with Gasteiger partial charge in [0.05, 0.1) is 30.5 Å². The van der Waals surface area contributed by atoms with Crippen molar-refractivity contribution in [1.82, 2.24) is 14.7 Å². The van der Waals surface area contributed by atoms with Crippen LogP contribution in [0.2, 0.25) is 0 Å². The first-order chi connectivity index (χ1) is 18.5. The summed E-state index contributed by atoms with van der Waals surface area (Å²) < 4.78 is 13.1. The van der Waals surface area contributed by atoms with Crippen molar-refractivity contribution in [3.63, 3.8) is 0 Å². The lowest BCUT2D eigenvalue weighted by Gasteiger charge is -2.15. The van der Waals surface area contributed by atoms with Crippen LogP contribution in [0.5, 0.6) is 11.5 Å². The molecule has 0 spiro atoms. The Bertz CT molecular complexity index is 1510. The lowest BCUT2D eigenvalue weighted by Crippen LogP contribution is -2.30. The summed E-state index contributed by atoms with van der Waals surface area (Å²) in [6.07, 6.45) is 4.50. The van der Waals surface area contributed by atoms with Gasteiger partial charge in [-0.3, -0.25) is 9.69 Å². The molecule has 38 heavy (non-hydrogen) atoms. The van der Waals surface area contributed by atoms with Crippen molar-refractivity contribution in [1.29, 1.82) is 0 Å². The number of hydrogen-bond donors (Lipinski definition) is 0. The second kappa shape index (κ2) is 11.2. The van der Waals surface area contributed by atoms with Gasteiger partial charge in [0, 0.05) is 23.9 Å². The minimum absolute atomic E-state index is 0.0946. The number of ether oxygens (including phenoxy) is 2. The molecule has 0 radical (unpaired) electrons. The standard InChI is InChI=1S/C30H27N3O3S2/c1-20-9-12-22(13-10-20)28-23(19-33(31-28)24-7-5-4-6-8-24)18-27-29(34)32(30(37)38-27)16-15-21-11-14-25(35-2)26(17-21)36-3/h4-14,17-19H,15-16H2,1-3H3/b27-18-. The van der Waals surface area contributed by atoms with Gasteiger partial charge in [-0.15, -0.1) is 0 Å². The summed E-state index contributed by atoms with van der Waals surface area (Å²) >= 11 is 6.92. The fourth-order valence-electron chi connectivity index (χ4n) is 4.25. The molecule has 1 fully saturated rings. The van der Waals surface area contributed by atoms with E-state index in [1.54, 1.807) is 19.1 Å². The van der Waals surface area contributed by atoms with Crippen LogP contribution in [0.15, 0.2) is 83.9 Å². The Morgan fingerprint density at radius 3 is 2.42 bits per heavy atom. The molecule has 1 aliphatic heterocycles. The molecule has 0 saturated carbocycles. The molecule has 1 aliphatic rings. The highest BCUT2D eigenvalue weighted by Gasteiger charge is 2.32. The highest BCUT2D eigenvalue weighted by Crippen LogP contribution is 2.35. The number of amides is 1. The summed E-state index contributed by atoms with van der Waals surface area (Å²) in [5.41, 5.74) is 5.81. The van der Waals surface area contributed by atoms with Crippen molar-refractivity contribution < 1.29 is 14.3 Å². The SMILES string of the molecule is COc1ccc(CCN2C(=O)/C(=C/c3cn(-c4ccccc4)nc3-c3ccc(C)cc3)SC2=S)cc1OC. The lowest BCUT2D eigenvalue weighted by atomic mass is 10.1.